The van der Waals surface area contributed by atoms with E-state index in [2.05, 4.69) is 32.6 Å². The Balaban J connectivity index is 2.32. The second kappa shape index (κ2) is 1.64. The van der Waals surface area contributed by atoms with Crippen LogP contribution in [0.25, 0.3) is 0 Å². The van der Waals surface area contributed by atoms with Crippen molar-refractivity contribution in [3.8, 4) is 11.8 Å². The summed E-state index contributed by atoms with van der Waals surface area (Å²) in [4.78, 5) is 0. The predicted molar refractivity (Wildman–Crippen MR) is 43.8 cm³/mol. The van der Waals surface area contributed by atoms with Gasteiger partial charge in [0.05, 0.1) is 11.5 Å². The van der Waals surface area contributed by atoms with Crippen molar-refractivity contribution in [2.24, 2.45) is 17.3 Å². The first-order valence-corrected chi connectivity index (χ1v) is 4.22. The van der Waals surface area contributed by atoms with E-state index in [1.807, 2.05) is 0 Å². The Labute approximate surface area is 67.8 Å². The minimum absolute atomic E-state index is 0.0464. The molecule has 0 aromatic heterocycles. The maximum absolute atomic E-state index is 10.0. The number of hydrogen-bond acceptors (Lipinski definition) is 1. The number of hydrogen-bond donors (Lipinski definition) is 1. The number of aliphatic hydroxyl groups is 1. The summed E-state index contributed by atoms with van der Waals surface area (Å²) in [5, 5.41) is 10.0. The van der Waals surface area contributed by atoms with E-state index in [-0.39, 0.29) is 11.3 Å². The molecule has 0 bridgehead atoms. The summed E-state index contributed by atoms with van der Waals surface area (Å²) in [5.74, 6) is 6.90. The van der Waals surface area contributed by atoms with E-state index in [1.165, 1.54) is 0 Å². The first kappa shape index (κ1) is 7.18. The highest BCUT2D eigenvalue weighted by atomic mass is 16.3. The van der Waals surface area contributed by atoms with Gasteiger partial charge in [-0.15, -0.1) is 0 Å². The van der Waals surface area contributed by atoms with Crippen LogP contribution in [0.5, 0.6) is 0 Å². The topological polar surface area (TPSA) is 20.2 Å². The maximum Gasteiger partial charge on any atom is 0.0865 e. The van der Waals surface area contributed by atoms with E-state index in [0.29, 0.717) is 5.92 Å². The Kier molecular flexibility index (Phi) is 1.07. The van der Waals surface area contributed by atoms with Crippen molar-refractivity contribution < 1.29 is 5.11 Å². The second-order valence-corrected chi connectivity index (χ2v) is 4.47. The quantitative estimate of drug-likeness (QED) is 0.518. The fourth-order valence-electron chi connectivity index (χ4n) is 2.25. The van der Waals surface area contributed by atoms with Crippen LogP contribution < -0.4 is 0 Å². The minimum atomic E-state index is -0.461. The zero-order valence-electron chi connectivity index (χ0n) is 7.31. The molecule has 0 aromatic rings. The van der Waals surface area contributed by atoms with Crippen LogP contribution in [0.15, 0.2) is 0 Å². The summed E-state index contributed by atoms with van der Waals surface area (Å²) < 4.78 is 0. The molecular formula is C10H14O. The third-order valence-electron chi connectivity index (χ3n) is 3.32. The zero-order valence-corrected chi connectivity index (χ0v) is 7.31. The van der Waals surface area contributed by atoms with Crippen LogP contribution in [0, 0.1) is 29.1 Å². The van der Waals surface area contributed by atoms with E-state index in [1.54, 1.807) is 0 Å². The molecule has 2 aliphatic rings. The predicted octanol–water partition coefficient (Wildman–Crippen LogP) is 1.42. The van der Waals surface area contributed by atoms with Crippen LogP contribution in [0.1, 0.15) is 27.2 Å². The summed E-state index contributed by atoms with van der Waals surface area (Å²) in [6.45, 7) is 6.28. The van der Waals surface area contributed by atoms with Gasteiger partial charge < -0.3 is 5.11 Å². The molecular weight excluding hydrogens is 136 g/mol. The van der Waals surface area contributed by atoms with Gasteiger partial charge in [-0.05, 0) is 6.42 Å². The molecule has 1 saturated carbocycles. The first-order valence-electron chi connectivity index (χ1n) is 4.22. The van der Waals surface area contributed by atoms with Gasteiger partial charge in [0, 0.05) is 11.3 Å². The van der Waals surface area contributed by atoms with Crippen LogP contribution in [-0.2, 0) is 0 Å². The van der Waals surface area contributed by atoms with Gasteiger partial charge in [0.15, 0.2) is 0 Å². The lowest BCUT2D eigenvalue weighted by Crippen LogP contribution is -2.21. The molecule has 0 radical (unpaired) electrons. The second-order valence-electron chi connectivity index (χ2n) is 4.47. The molecule has 0 aromatic carbocycles. The molecule has 3 atom stereocenters. The fraction of sp³-hybridized carbons (Fsp3) is 0.800. The molecule has 0 saturated heterocycles. The molecule has 1 heteroatoms. The standard InChI is InChI=1S/C10H14O/c1-7-4-5-8-9(2,3)10(8,11)6-7/h7-8,11H,6H2,1-3H3. The molecule has 0 aliphatic heterocycles. The summed E-state index contributed by atoms with van der Waals surface area (Å²) in [6, 6.07) is 0. The fourth-order valence-corrected chi connectivity index (χ4v) is 2.25. The van der Waals surface area contributed by atoms with Crippen molar-refractivity contribution in [1.29, 1.82) is 0 Å². The molecule has 11 heavy (non-hydrogen) atoms. The van der Waals surface area contributed by atoms with Gasteiger partial charge in [-0.1, -0.05) is 32.6 Å². The Morgan fingerprint density at radius 3 is 2.45 bits per heavy atom. The van der Waals surface area contributed by atoms with Crippen molar-refractivity contribution in [2.75, 3.05) is 0 Å². The Morgan fingerprint density at radius 2 is 2.00 bits per heavy atom. The van der Waals surface area contributed by atoms with Gasteiger partial charge in [-0.25, -0.2) is 0 Å². The van der Waals surface area contributed by atoms with Crippen molar-refractivity contribution in [3.63, 3.8) is 0 Å². The molecule has 0 amide bonds. The van der Waals surface area contributed by atoms with Crippen molar-refractivity contribution in [1.82, 2.24) is 0 Å². The molecule has 1 fully saturated rings. The molecule has 2 rings (SSSR count). The molecule has 60 valence electrons. The molecule has 0 heterocycles. The first-order chi connectivity index (χ1) is 4.98. The Hall–Kier alpha value is -0.480. The van der Waals surface area contributed by atoms with E-state index in [4.69, 9.17) is 0 Å². The number of rotatable bonds is 0. The lowest BCUT2D eigenvalue weighted by Gasteiger charge is -2.16. The molecule has 1 nitrogen and oxygen atoms in total. The normalized spacial score (nSPS) is 50.5. The van der Waals surface area contributed by atoms with Gasteiger partial charge in [0.2, 0.25) is 0 Å². The Bertz CT molecular complexity index is 256. The smallest absolute Gasteiger partial charge is 0.0865 e. The molecule has 0 spiro atoms. The average molecular weight is 150 g/mol. The summed E-state index contributed by atoms with van der Waals surface area (Å²) in [7, 11) is 0. The summed E-state index contributed by atoms with van der Waals surface area (Å²) in [5.41, 5.74) is -0.414. The SMILES string of the molecule is CC1C#CC2C(C)(C)C2(O)C1. The van der Waals surface area contributed by atoms with Crippen molar-refractivity contribution >= 4 is 0 Å². The van der Waals surface area contributed by atoms with Crippen molar-refractivity contribution in [3.05, 3.63) is 0 Å². The minimum Gasteiger partial charge on any atom is -0.388 e. The van der Waals surface area contributed by atoms with Gasteiger partial charge in [0.1, 0.15) is 0 Å². The monoisotopic (exact) mass is 150 g/mol. The van der Waals surface area contributed by atoms with Crippen LogP contribution in [0.4, 0.5) is 0 Å². The van der Waals surface area contributed by atoms with E-state index < -0.39 is 5.60 Å². The van der Waals surface area contributed by atoms with E-state index in [0.717, 1.165) is 6.42 Å². The molecule has 2 aliphatic carbocycles. The third-order valence-corrected chi connectivity index (χ3v) is 3.32. The van der Waals surface area contributed by atoms with E-state index >= 15 is 0 Å². The number of fused-ring (bicyclic) bond motifs is 1. The maximum atomic E-state index is 10.0. The van der Waals surface area contributed by atoms with Gasteiger partial charge in [0.25, 0.3) is 0 Å². The summed E-state index contributed by atoms with van der Waals surface area (Å²) >= 11 is 0. The van der Waals surface area contributed by atoms with Gasteiger partial charge in [-0.2, -0.15) is 0 Å². The lowest BCUT2D eigenvalue weighted by molar-refractivity contribution is 0.0847. The Morgan fingerprint density at radius 1 is 1.36 bits per heavy atom. The highest BCUT2D eigenvalue weighted by molar-refractivity contribution is 5.35. The van der Waals surface area contributed by atoms with Crippen molar-refractivity contribution in [2.45, 2.75) is 32.8 Å². The van der Waals surface area contributed by atoms with Crippen LogP contribution in [-0.4, -0.2) is 10.7 Å². The summed E-state index contributed by atoms with van der Waals surface area (Å²) in [6.07, 6.45) is 0.859. The highest BCUT2D eigenvalue weighted by Crippen LogP contribution is 2.65. The average Bonchev–Trinajstić information content (AvgIpc) is 2.26. The molecule has 3 unspecified atom stereocenters. The molecule has 1 N–H and O–H groups in total. The van der Waals surface area contributed by atoms with Gasteiger partial charge in [-0.3, -0.25) is 0 Å². The highest BCUT2D eigenvalue weighted by Gasteiger charge is 2.71. The van der Waals surface area contributed by atoms with Crippen LogP contribution in [0.3, 0.4) is 0 Å². The van der Waals surface area contributed by atoms with Crippen LogP contribution in [0.2, 0.25) is 0 Å². The van der Waals surface area contributed by atoms with Crippen LogP contribution >= 0.6 is 0 Å². The van der Waals surface area contributed by atoms with E-state index in [9.17, 15) is 5.11 Å². The zero-order chi connectivity index (χ0) is 8.28. The van der Waals surface area contributed by atoms with Gasteiger partial charge >= 0.3 is 0 Å². The largest absolute Gasteiger partial charge is 0.388 e. The lowest BCUT2D eigenvalue weighted by atomic mass is 9.95. The third kappa shape index (κ3) is 0.662.